The van der Waals surface area contributed by atoms with Gasteiger partial charge in [-0.3, -0.25) is 0 Å². The van der Waals surface area contributed by atoms with E-state index in [4.69, 9.17) is 9.47 Å². The van der Waals surface area contributed by atoms with E-state index in [0.717, 1.165) is 18.4 Å². The summed E-state index contributed by atoms with van der Waals surface area (Å²) >= 11 is 0. The lowest BCUT2D eigenvalue weighted by Crippen LogP contribution is -2.51. The summed E-state index contributed by atoms with van der Waals surface area (Å²) in [5, 5.41) is 3.16. The van der Waals surface area contributed by atoms with E-state index in [9.17, 15) is 9.18 Å². The minimum Gasteiger partial charge on any atom is -0.347 e. The molecule has 5 nitrogen and oxygen atoms in total. The number of ether oxygens (including phenoxy) is 2. The van der Waals surface area contributed by atoms with E-state index in [2.05, 4.69) is 5.32 Å². The Labute approximate surface area is 147 Å². The van der Waals surface area contributed by atoms with Crippen LogP contribution in [0.4, 0.5) is 9.18 Å². The number of halogens is 1. The van der Waals surface area contributed by atoms with Gasteiger partial charge in [-0.25, -0.2) is 9.18 Å². The maximum Gasteiger partial charge on any atom is 0.317 e. The first-order chi connectivity index (χ1) is 12.0. The molecule has 0 unspecified atom stereocenters. The highest BCUT2D eigenvalue weighted by molar-refractivity contribution is 5.75. The second-order valence-corrected chi connectivity index (χ2v) is 7.45. The number of piperidine rings is 1. The van der Waals surface area contributed by atoms with Gasteiger partial charge in [0.1, 0.15) is 5.82 Å². The Balaban J connectivity index is 1.37. The molecule has 0 aromatic heterocycles. The molecule has 4 rings (SSSR count). The summed E-state index contributed by atoms with van der Waals surface area (Å²) < 4.78 is 24.9. The number of rotatable bonds is 3. The van der Waals surface area contributed by atoms with Gasteiger partial charge < -0.3 is 19.7 Å². The molecule has 1 spiro atoms. The second-order valence-electron chi connectivity index (χ2n) is 7.45. The van der Waals surface area contributed by atoms with Gasteiger partial charge in [0.05, 0.1) is 18.8 Å². The normalized spacial score (nSPS) is 26.6. The fraction of sp³-hybridized carbons (Fsp3) is 0.632. The van der Waals surface area contributed by atoms with E-state index in [1.54, 1.807) is 12.1 Å². The maximum absolute atomic E-state index is 13.2. The first-order valence-corrected chi connectivity index (χ1v) is 9.17. The smallest absolute Gasteiger partial charge is 0.317 e. The molecule has 2 heterocycles. The number of benzene rings is 1. The van der Waals surface area contributed by atoms with Crippen LogP contribution in [0.3, 0.4) is 0 Å². The summed E-state index contributed by atoms with van der Waals surface area (Å²) in [6.07, 6.45) is 3.74. The minimum atomic E-state index is -0.497. The molecule has 1 saturated carbocycles. The van der Waals surface area contributed by atoms with Gasteiger partial charge in [-0.2, -0.15) is 0 Å². The van der Waals surface area contributed by atoms with Gasteiger partial charge in [-0.05, 0) is 43.4 Å². The van der Waals surface area contributed by atoms with Crippen LogP contribution < -0.4 is 5.32 Å². The molecule has 1 aromatic rings. The quantitative estimate of drug-likeness (QED) is 0.912. The molecule has 6 heteroatoms. The molecule has 25 heavy (non-hydrogen) atoms. The lowest BCUT2D eigenvalue weighted by molar-refractivity contribution is -0.189. The van der Waals surface area contributed by atoms with Crippen LogP contribution in [0, 0.1) is 11.7 Å². The summed E-state index contributed by atoms with van der Waals surface area (Å²) in [5.41, 5.74) is 0.974. The van der Waals surface area contributed by atoms with Gasteiger partial charge in [0.2, 0.25) is 0 Å². The standard InChI is InChI=1S/C19H25FN2O3/c1-13-12-24-19(25-13)8-10-22(11-9-19)18(23)21-17(14-2-3-14)15-4-6-16(20)7-5-15/h4-7,13-14,17H,2-3,8-12H2,1H3,(H,21,23)/t13-,17-/m1/s1. The van der Waals surface area contributed by atoms with Crippen LogP contribution in [0.2, 0.25) is 0 Å². The molecule has 2 saturated heterocycles. The topological polar surface area (TPSA) is 50.8 Å². The molecule has 1 N–H and O–H groups in total. The van der Waals surface area contributed by atoms with Crippen molar-refractivity contribution in [3.05, 3.63) is 35.6 Å². The third kappa shape index (κ3) is 3.65. The Morgan fingerprint density at radius 1 is 1.28 bits per heavy atom. The predicted octanol–water partition coefficient (Wildman–Crippen LogP) is 3.21. The van der Waals surface area contributed by atoms with Gasteiger partial charge in [-0.15, -0.1) is 0 Å². The molecule has 1 aliphatic carbocycles. The van der Waals surface area contributed by atoms with E-state index in [0.29, 0.717) is 38.5 Å². The third-order valence-corrected chi connectivity index (χ3v) is 5.41. The van der Waals surface area contributed by atoms with Crippen LogP contribution in [0.25, 0.3) is 0 Å². The van der Waals surface area contributed by atoms with Gasteiger partial charge in [-0.1, -0.05) is 12.1 Å². The summed E-state index contributed by atoms with van der Waals surface area (Å²) in [6, 6.07) is 6.36. The Morgan fingerprint density at radius 3 is 2.52 bits per heavy atom. The highest BCUT2D eigenvalue weighted by Gasteiger charge is 2.44. The summed E-state index contributed by atoms with van der Waals surface area (Å²) in [6.45, 7) is 3.88. The second kappa shape index (κ2) is 6.57. The number of nitrogens with one attached hydrogen (secondary N) is 1. The molecule has 2 amide bonds. The summed E-state index contributed by atoms with van der Waals surface area (Å²) in [4.78, 5) is 14.5. The van der Waals surface area contributed by atoms with Crippen molar-refractivity contribution in [1.29, 1.82) is 0 Å². The Kier molecular flexibility index (Phi) is 4.41. The van der Waals surface area contributed by atoms with Crippen LogP contribution in [0.1, 0.15) is 44.2 Å². The number of hydrogen-bond acceptors (Lipinski definition) is 3. The maximum atomic E-state index is 13.2. The third-order valence-electron chi connectivity index (χ3n) is 5.41. The summed E-state index contributed by atoms with van der Waals surface area (Å²) in [5.74, 6) is -0.298. The van der Waals surface area contributed by atoms with E-state index in [1.807, 2.05) is 11.8 Å². The molecular formula is C19H25FN2O3. The fourth-order valence-electron chi connectivity index (χ4n) is 3.81. The van der Waals surface area contributed by atoms with Crippen molar-refractivity contribution in [2.24, 2.45) is 5.92 Å². The zero-order chi connectivity index (χ0) is 17.4. The van der Waals surface area contributed by atoms with Crippen molar-refractivity contribution in [3.8, 4) is 0 Å². The zero-order valence-corrected chi connectivity index (χ0v) is 14.5. The van der Waals surface area contributed by atoms with Crippen LogP contribution in [0.15, 0.2) is 24.3 Å². The number of likely N-dealkylation sites (tertiary alicyclic amines) is 1. The van der Waals surface area contributed by atoms with Gasteiger partial charge in [0.25, 0.3) is 0 Å². The van der Waals surface area contributed by atoms with Crippen molar-refractivity contribution in [2.45, 2.75) is 50.5 Å². The number of carbonyl (C=O) groups is 1. The molecule has 2 aliphatic heterocycles. The highest BCUT2D eigenvalue weighted by Crippen LogP contribution is 2.41. The van der Waals surface area contributed by atoms with E-state index < -0.39 is 5.79 Å². The molecule has 1 aromatic carbocycles. The predicted molar refractivity (Wildman–Crippen MR) is 90.4 cm³/mol. The van der Waals surface area contributed by atoms with Crippen molar-refractivity contribution < 1.29 is 18.7 Å². The van der Waals surface area contributed by atoms with Crippen LogP contribution in [-0.4, -0.2) is 42.5 Å². The number of carbonyl (C=O) groups excluding carboxylic acids is 1. The molecule has 3 fully saturated rings. The number of hydrogen-bond donors (Lipinski definition) is 1. The van der Waals surface area contributed by atoms with Crippen LogP contribution >= 0.6 is 0 Å². The Bertz CT molecular complexity index is 624. The first-order valence-electron chi connectivity index (χ1n) is 9.17. The Morgan fingerprint density at radius 2 is 1.96 bits per heavy atom. The number of urea groups is 1. The molecule has 3 aliphatic rings. The number of amides is 2. The molecule has 0 bridgehead atoms. The lowest BCUT2D eigenvalue weighted by atomic mass is 10.0. The highest BCUT2D eigenvalue weighted by atomic mass is 19.1. The van der Waals surface area contributed by atoms with Crippen molar-refractivity contribution in [3.63, 3.8) is 0 Å². The molecule has 2 atom stereocenters. The average Bonchev–Trinajstić information content (AvgIpc) is 3.39. The molecular weight excluding hydrogens is 323 g/mol. The first kappa shape index (κ1) is 16.8. The lowest BCUT2D eigenvalue weighted by Gasteiger charge is -2.38. The zero-order valence-electron chi connectivity index (χ0n) is 14.5. The summed E-state index contributed by atoms with van der Waals surface area (Å²) in [7, 11) is 0. The molecule has 136 valence electrons. The van der Waals surface area contributed by atoms with Gasteiger partial charge in [0, 0.05) is 25.9 Å². The van der Waals surface area contributed by atoms with E-state index in [1.165, 1.54) is 12.1 Å². The van der Waals surface area contributed by atoms with Crippen LogP contribution in [0.5, 0.6) is 0 Å². The minimum absolute atomic E-state index is 0.0389. The van der Waals surface area contributed by atoms with Crippen LogP contribution in [-0.2, 0) is 9.47 Å². The van der Waals surface area contributed by atoms with Gasteiger partial charge >= 0.3 is 6.03 Å². The Hall–Kier alpha value is -1.66. The fourth-order valence-corrected chi connectivity index (χ4v) is 3.81. The molecule has 0 radical (unpaired) electrons. The van der Waals surface area contributed by atoms with Crippen molar-refractivity contribution >= 4 is 6.03 Å². The monoisotopic (exact) mass is 348 g/mol. The SMILES string of the molecule is C[C@@H]1COC2(CCN(C(=O)N[C@@H](c3ccc(F)cc3)C3CC3)CC2)O1. The number of nitrogens with zero attached hydrogens (tertiary/aromatic N) is 1. The van der Waals surface area contributed by atoms with E-state index >= 15 is 0 Å². The van der Waals surface area contributed by atoms with Crippen molar-refractivity contribution in [2.75, 3.05) is 19.7 Å². The largest absolute Gasteiger partial charge is 0.347 e. The van der Waals surface area contributed by atoms with Crippen molar-refractivity contribution in [1.82, 2.24) is 10.2 Å². The van der Waals surface area contributed by atoms with E-state index in [-0.39, 0.29) is 24.0 Å². The average molecular weight is 348 g/mol. The van der Waals surface area contributed by atoms with Gasteiger partial charge in [0.15, 0.2) is 5.79 Å².